The van der Waals surface area contributed by atoms with Crippen LogP contribution in [0.25, 0.3) is 16.7 Å². The number of benzene rings is 1. The van der Waals surface area contributed by atoms with Crippen molar-refractivity contribution in [3.8, 4) is 0 Å². The second-order valence-corrected chi connectivity index (χ2v) is 8.23. The van der Waals surface area contributed by atoms with Gasteiger partial charge in [-0.2, -0.15) is 0 Å². The maximum absolute atomic E-state index is 13.3. The highest BCUT2D eigenvalue weighted by atomic mass is 16.2. The van der Waals surface area contributed by atoms with Crippen molar-refractivity contribution in [3.63, 3.8) is 0 Å². The summed E-state index contributed by atoms with van der Waals surface area (Å²) < 4.78 is 3.19. The zero-order chi connectivity index (χ0) is 23.0. The van der Waals surface area contributed by atoms with E-state index >= 15 is 0 Å². The largest absolute Gasteiger partial charge is 0.345 e. The average Bonchev–Trinajstić information content (AvgIpc) is 2.79. The summed E-state index contributed by atoms with van der Waals surface area (Å²) >= 11 is 0. The van der Waals surface area contributed by atoms with E-state index < -0.39 is 0 Å². The summed E-state index contributed by atoms with van der Waals surface area (Å²) in [6, 6.07) is 14.5. The molecule has 0 unspecified atom stereocenters. The van der Waals surface area contributed by atoms with E-state index in [0.717, 1.165) is 17.5 Å². The predicted molar refractivity (Wildman–Crippen MR) is 125 cm³/mol. The molecule has 7 nitrogen and oxygen atoms in total. The third-order valence-electron chi connectivity index (χ3n) is 5.92. The van der Waals surface area contributed by atoms with E-state index in [1.807, 2.05) is 64.1 Å². The standard InChI is InChI=1S/C25H27N5O2/c1-5-16(3)30-22(26)19(24(31)27-17(4)18-9-7-6-8-10-18)13-20-23(30)28-21-12-11-15(2)14-29(21)25(20)32/h6-14,16-17,26H,5H2,1-4H3,(H,27,31)/t16-,17+/m1/s1. The van der Waals surface area contributed by atoms with Crippen molar-refractivity contribution >= 4 is 22.6 Å². The molecule has 1 amide bonds. The first-order valence-corrected chi connectivity index (χ1v) is 10.8. The Balaban J connectivity index is 1.93. The molecule has 4 aromatic rings. The number of amides is 1. The van der Waals surface area contributed by atoms with Crippen LogP contribution in [0.3, 0.4) is 0 Å². The fourth-order valence-electron chi connectivity index (χ4n) is 3.89. The quantitative estimate of drug-likeness (QED) is 0.471. The zero-order valence-electron chi connectivity index (χ0n) is 18.7. The SMILES string of the molecule is CC[C@@H](C)n1c(=N)c(C(=O)N[C@@H](C)c2ccccc2)cc2c(=O)n3cc(C)ccc3nc21. The van der Waals surface area contributed by atoms with Crippen molar-refractivity contribution in [1.82, 2.24) is 19.3 Å². The molecule has 0 bridgehead atoms. The van der Waals surface area contributed by atoms with Crippen LogP contribution < -0.4 is 16.4 Å². The molecule has 1 aromatic carbocycles. The van der Waals surface area contributed by atoms with Gasteiger partial charge in [-0.1, -0.05) is 43.3 Å². The van der Waals surface area contributed by atoms with Gasteiger partial charge in [-0.3, -0.25) is 19.4 Å². The Morgan fingerprint density at radius 2 is 1.88 bits per heavy atom. The molecule has 7 heteroatoms. The molecule has 3 heterocycles. The number of carbonyl (C=O) groups excluding carboxylic acids is 1. The van der Waals surface area contributed by atoms with Gasteiger partial charge in [0.1, 0.15) is 16.8 Å². The Labute approximate surface area is 185 Å². The molecule has 32 heavy (non-hydrogen) atoms. The van der Waals surface area contributed by atoms with Gasteiger partial charge in [-0.15, -0.1) is 0 Å². The highest BCUT2D eigenvalue weighted by Gasteiger charge is 2.21. The first-order chi connectivity index (χ1) is 15.3. The first-order valence-electron chi connectivity index (χ1n) is 10.8. The Kier molecular flexibility index (Phi) is 5.65. The molecule has 0 aliphatic carbocycles. The molecule has 3 aromatic heterocycles. The fourth-order valence-corrected chi connectivity index (χ4v) is 3.89. The number of rotatable bonds is 5. The highest BCUT2D eigenvalue weighted by Crippen LogP contribution is 2.18. The van der Waals surface area contributed by atoms with E-state index in [1.165, 1.54) is 10.5 Å². The maximum atomic E-state index is 13.3. The predicted octanol–water partition coefficient (Wildman–Crippen LogP) is 3.90. The second kappa shape index (κ2) is 8.42. The molecule has 164 valence electrons. The summed E-state index contributed by atoms with van der Waals surface area (Å²) in [7, 11) is 0. The van der Waals surface area contributed by atoms with Gasteiger partial charge < -0.3 is 9.88 Å². The van der Waals surface area contributed by atoms with Crippen molar-refractivity contribution in [2.24, 2.45) is 0 Å². The summed E-state index contributed by atoms with van der Waals surface area (Å²) in [6.07, 6.45) is 2.47. The third kappa shape index (κ3) is 3.70. The smallest absolute Gasteiger partial charge is 0.267 e. The molecule has 0 aliphatic rings. The van der Waals surface area contributed by atoms with Gasteiger partial charge in [-0.25, -0.2) is 4.98 Å². The number of nitrogens with one attached hydrogen (secondary N) is 2. The molecule has 4 rings (SSSR count). The van der Waals surface area contributed by atoms with Gasteiger partial charge in [-0.05, 0) is 50.5 Å². The van der Waals surface area contributed by atoms with E-state index in [2.05, 4.69) is 5.32 Å². The van der Waals surface area contributed by atoms with Crippen molar-refractivity contribution in [3.05, 3.63) is 87.3 Å². The van der Waals surface area contributed by atoms with Gasteiger partial charge in [0.05, 0.1) is 17.0 Å². The van der Waals surface area contributed by atoms with Crippen LogP contribution in [0.4, 0.5) is 0 Å². The van der Waals surface area contributed by atoms with Crippen LogP contribution in [0.5, 0.6) is 0 Å². The van der Waals surface area contributed by atoms with E-state index in [4.69, 9.17) is 10.4 Å². The molecule has 0 spiro atoms. The van der Waals surface area contributed by atoms with Crippen molar-refractivity contribution in [1.29, 1.82) is 5.41 Å². The van der Waals surface area contributed by atoms with E-state index in [9.17, 15) is 9.59 Å². The topological polar surface area (TPSA) is 92.2 Å². The molecular weight excluding hydrogens is 402 g/mol. The lowest BCUT2D eigenvalue weighted by molar-refractivity contribution is 0.0937. The van der Waals surface area contributed by atoms with E-state index in [-0.39, 0.29) is 34.6 Å². The number of nitrogens with zero attached hydrogens (tertiary/aromatic N) is 3. The van der Waals surface area contributed by atoms with Crippen molar-refractivity contribution in [2.75, 3.05) is 0 Å². The molecule has 0 aliphatic heterocycles. The van der Waals surface area contributed by atoms with Crippen LogP contribution in [0.15, 0.2) is 59.5 Å². The number of aryl methyl sites for hydroxylation is 1. The molecule has 0 radical (unpaired) electrons. The van der Waals surface area contributed by atoms with Crippen LogP contribution in [-0.4, -0.2) is 19.9 Å². The second-order valence-electron chi connectivity index (χ2n) is 8.23. The van der Waals surface area contributed by atoms with Gasteiger partial charge >= 0.3 is 0 Å². The maximum Gasteiger partial charge on any atom is 0.267 e. The molecule has 0 fully saturated rings. The van der Waals surface area contributed by atoms with Gasteiger partial charge in [0.2, 0.25) is 0 Å². The summed E-state index contributed by atoms with van der Waals surface area (Å²) in [5, 5.41) is 12.1. The minimum Gasteiger partial charge on any atom is -0.345 e. The molecule has 0 saturated carbocycles. The number of hydrogen-bond donors (Lipinski definition) is 2. The zero-order valence-corrected chi connectivity index (χ0v) is 18.7. The van der Waals surface area contributed by atoms with Gasteiger partial charge in [0, 0.05) is 12.2 Å². The monoisotopic (exact) mass is 429 g/mol. The Hall–Kier alpha value is -3.74. The van der Waals surface area contributed by atoms with Crippen molar-refractivity contribution < 1.29 is 4.79 Å². The minimum atomic E-state index is -0.390. The molecular formula is C25H27N5O2. The number of hydrogen-bond acceptors (Lipinski definition) is 4. The van der Waals surface area contributed by atoms with Gasteiger partial charge in [0.15, 0.2) is 0 Å². The molecule has 0 saturated heterocycles. The van der Waals surface area contributed by atoms with Crippen LogP contribution in [0.1, 0.15) is 60.8 Å². The Bertz CT molecular complexity index is 1440. The highest BCUT2D eigenvalue weighted by molar-refractivity contribution is 5.97. The lowest BCUT2D eigenvalue weighted by Crippen LogP contribution is -2.36. The third-order valence-corrected chi connectivity index (χ3v) is 5.92. The lowest BCUT2D eigenvalue weighted by atomic mass is 10.1. The number of pyridine rings is 2. The first kappa shape index (κ1) is 21.5. The summed E-state index contributed by atoms with van der Waals surface area (Å²) in [4.78, 5) is 31.3. The van der Waals surface area contributed by atoms with E-state index in [1.54, 1.807) is 16.8 Å². The van der Waals surface area contributed by atoms with Gasteiger partial charge in [0.25, 0.3) is 11.5 Å². The number of aromatic nitrogens is 3. The summed E-state index contributed by atoms with van der Waals surface area (Å²) in [5.41, 5.74) is 2.79. The van der Waals surface area contributed by atoms with Crippen LogP contribution in [0.2, 0.25) is 0 Å². The van der Waals surface area contributed by atoms with Crippen LogP contribution in [0, 0.1) is 12.3 Å². The van der Waals surface area contributed by atoms with Crippen molar-refractivity contribution in [2.45, 2.75) is 46.2 Å². The Morgan fingerprint density at radius 1 is 1.16 bits per heavy atom. The average molecular weight is 430 g/mol. The minimum absolute atomic E-state index is 0.0490. The number of fused-ring (bicyclic) bond motifs is 2. The lowest BCUT2D eigenvalue weighted by Gasteiger charge is -2.20. The van der Waals surface area contributed by atoms with Crippen LogP contribution >= 0.6 is 0 Å². The summed E-state index contributed by atoms with van der Waals surface area (Å²) in [6.45, 7) is 7.77. The number of carbonyl (C=O) groups is 1. The van der Waals surface area contributed by atoms with E-state index in [0.29, 0.717) is 16.7 Å². The summed E-state index contributed by atoms with van der Waals surface area (Å²) in [5.74, 6) is -0.390. The fraction of sp³-hybridized carbons (Fsp3) is 0.280. The normalized spacial score (nSPS) is 13.2. The molecule has 2 atom stereocenters. The molecule has 2 N–H and O–H groups in total. The van der Waals surface area contributed by atoms with Crippen LogP contribution in [-0.2, 0) is 0 Å². The Morgan fingerprint density at radius 3 is 2.56 bits per heavy atom.